The van der Waals surface area contributed by atoms with Crippen molar-refractivity contribution in [3.8, 4) is 0 Å². The van der Waals surface area contributed by atoms with Gasteiger partial charge < -0.3 is 4.98 Å². The number of hydrogen-bond donors (Lipinski definition) is 2. The summed E-state index contributed by atoms with van der Waals surface area (Å²) in [5.41, 5.74) is 3.15. The molecular formula is C22H27FN2O2S. The summed E-state index contributed by atoms with van der Waals surface area (Å²) in [5, 5.41) is 0.443. The summed E-state index contributed by atoms with van der Waals surface area (Å²) in [4.78, 5) is 3.27. The number of anilines is 1. The van der Waals surface area contributed by atoms with E-state index in [0.717, 1.165) is 34.9 Å². The van der Waals surface area contributed by atoms with Crippen molar-refractivity contribution in [2.75, 3.05) is 4.72 Å². The molecule has 0 aliphatic heterocycles. The summed E-state index contributed by atoms with van der Waals surface area (Å²) in [6, 6.07) is 12.3. The maximum Gasteiger partial charge on any atom is 0.235 e. The Kier molecular flexibility index (Phi) is 5.53. The van der Waals surface area contributed by atoms with Crippen LogP contribution in [0.1, 0.15) is 51.7 Å². The van der Waals surface area contributed by atoms with E-state index in [0.29, 0.717) is 5.69 Å². The number of para-hydroxylation sites is 1. The SMILES string of the molecule is CCC(CC)(c1ccc(F)cc1)c1c[nH]c2c(NS(=O)(=O)C(C)C)cccc12. The molecule has 0 amide bonds. The van der Waals surface area contributed by atoms with Gasteiger partial charge in [0, 0.05) is 17.0 Å². The van der Waals surface area contributed by atoms with Crippen LogP contribution >= 0.6 is 0 Å². The quantitative estimate of drug-likeness (QED) is 0.543. The number of halogens is 1. The predicted octanol–water partition coefficient (Wildman–Crippen LogP) is 5.56. The summed E-state index contributed by atoms with van der Waals surface area (Å²) in [6.45, 7) is 7.54. The van der Waals surface area contributed by atoms with Crippen molar-refractivity contribution in [2.45, 2.75) is 51.2 Å². The van der Waals surface area contributed by atoms with Gasteiger partial charge in [0.2, 0.25) is 10.0 Å². The molecule has 3 rings (SSSR count). The minimum atomic E-state index is -3.45. The summed E-state index contributed by atoms with van der Waals surface area (Å²) in [5.74, 6) is -0.255. The van der Waals surface area contributed by atoms with Crippen LogP contribution in [-0.2, 0) is 15.4 Å². The molecule has 0 saturated heterocycles. The molecule has 2 N–H and O–H groups in total. The number of H-pyrrole nitrogens is 1. The van der Waals surface area contributed by atoms with Crippen LogP contribution in [0.4, 0.5) is 10.1 Å². The maximum atomic E-state index is 13.5. The smallest absolute Gasteiger partial charge is 0.235 e. The molecule has 3 aromatic rings. The van der Waals surface area contributed by atoms with Gasteiger partial charge in [-0.25, -0.2) is 12.8 Å². The Morgan fingerprint density at radius 2 is 1.71 bits per heavy atom. The number of nitrogens with one attached hydrogen (secondary N) is 2. The molecule has 0 spiro atoms. The molecule has 0 unspecified atom stereocenters. The van der Waals surface area contributed by atoms with Gasteiger partial charge in [-0.1, -0.05) is 38.1 Å². The molecule has 2 aromatic carbocycles. The average Bonchev–Trinajstić information content (AvgIpc) is 3.10. The molecule has 150 valence electrons. The number of rotatable bonds is 7. The van der Waals surface area contributed by atoms with E-state index in [4.69, 9.17) is 0 Å². The van der Waals surface area contributed by atoms with Crippen LogP contribution in [0.15, 0.2) is 48.7 Å². The first-order chi connectivity index (χ1) is 13.2. The highest BCUT2D eigenvalue weighted by molar-refractivity contribution is 7.93. The van der Waals surface area contributed by atoms with E-state index in [1.54, 1.807) is 19.9 Å². The van der Waals surface area contributed by atoms with Crippen LogP contribution in [-0.4, -0.2) is 18.7 Å². The Morgan fingerprint density at radius 3 is 2.29 bits per heavy atom. The highest BCUT2D eigenvalue weighted by Crippen LogP contribution is 2.43. The van der Waals surface area contributed by atoms with Crippen molar-refractivity contribution in [1.29, 1.82) is 0 Å². The second kappa shape index (κ2) is 7.59. The first-order valence-electron chi connectivity index (χ1n) is 9.63. The number of aromatic amines is 1. The first kappa shape index (κ1) is 20.4. The van der Waals surface area contributed by atoms with E-state index in [1.807, 2.05) is 30.5 Å². The minimum absolute atomic E-state index is 0.255. The number of hydrogen-bond acceptors (Lipinski definition) is 2. The molecular weight excluding hydrogens is 375 g/mol. The molecule has 0 aliphatic carbocycles. The van der Waals surface area contributed by atoms with Crippen LogP contribution in [0, 0.1) is 5.82 Å². The average molecular weight is 403 g/mol. The van der Waals surface area contributed by atoms with E-state index < -0.39 is 15.3 Å². The zero-order valence-electron chi connectivity index (χ0n) is 16.7. The van der Waals surface area contributed by atoms with E-state index in [9.17, 15) is 12.8 Å². The lowest BCUT2D eigenvalue weighted by atomic mass is 9.70. The lowest BCUT2D eigenvalue weighted by Crippen LogP contribution is -2.25. The third kappa shape index (κ3) is 3.41. The van der Waals surface area contributed by atoms with Crippen LogP contribution in [0.3, 0.4) is 0 Å². The zero-order valence-corrected chi connectivity index (χ0v) is 17.5. The lowest BCUT2D eigenvalue weighted by Gasteiger charge is -2.32. The molecule has 0 bridgehead atoms. The molecule has 0 atom stereocenters. The largest absolute Gasteiger partial charge is 0.359 e. The Bertz CT molecular complexity index is 1070. The fourth-order valence-corrected chi connectivity index (χ4v) is 4.58. The zero-order chi connectivity index (χ0) is 20.5. The van der Waals surface area contributed by atoms with E-state index in [-0.39, 0.29) is 11.2 Å². The molecule has 0 saturated carbocycles. The second-order valence-corrected chi connectivity index (χ2v) is 9.66. The van der Waals surface area contributed by atoms with Crippen LogP contribution in [0.2, 0.25) is 0 Å². The lowest BCUT2D eigenvalue weighted by molar-refractivity contribution is 0.481. The summed E-state index contributed by atoms with van der Waals surface area (Å²) in [6.07, 6.45) is 3.63. The highest BCUT2D eigenvalue weighted by atomic mass is 32.2. The van der Waals surface area contributed by atoms with Crippen LogP contribution < -0.4 is 4.72 Å². The molecule has 28 heavy (non-hydrogen) atoms. The third-order valence-corrected chi connectivity index (χ3v) is 7.45. The Balaban J connectivity index is 2.17. The predicted molar refractivity (Wildman–Crippen MR) is 114 cm³/mol. The van der Waals surface area contributed by atoms with Gasteiger partial charge in [-0.2, -0.15) is 0 Å². The van der Waals surface area contributed by atoms with Crippen molar-refractivity contribution in [2.24, 2.45) is 0 Å². The number of fused-ring (bicyclic) bond motifs is 1. The molecule has 0 fully saturated rings. The number of aromatic nitrogens is 1. The number of benzene rings is 2. The van der Waals surface area contributed by atoms with Gasteiger partial charge in [0.15, 0.2) is 0 Å². The van der Waals surface area contributed by atoms with Crippen molar-refractivity contribution in [3.05, 3.63) is 65.6 Å². The summed E-state index contributed by atoms with van der Waals surface area (Å²) in [7, 11) is -3.45. The van der Waals surface area contributed by atoms with Crippen molar-refractivity contribution in [1.82, 2.24) is 4.98 Å². The topological polar surface area (TPSA) is 62.0 Å². The fourth-order valence-electron chi connectivity index (χ4n) is 3.87. The van der Waals surface area contributed by atoms with E-state index in [1.165, 1.54) is 12.1 Å². The van der Waals surface area contributed by atoms with Gasteiger partial charge >= 0.3 is 0 Å². The van der Waals surface area contributed by atoms with Gasteiger partial charge in [-0.15, -0.1) is 0 Å². The third-order valence-electron chi connectivity index (χ3n) is 5.71. The molecule has 6 heteroatoms. The Labute approximate surface area is 166 Å². The monoisotopic (exact) mass is 402 g/mol. The van der Waals surface area contributed by atoms with E-state index >= 15 is 0 Å². The van der Waals surface area contributed by atoms with Crippen LogP contribution in [0.25, 0.3) is 10.9 Å². The van der Waals surface area contributed by atoms with Gasteiger partial charge in [-0.3, -0.25) is 4.72 Å². The molecule has 1 aromatic heterocycles. The number of sulfonamides is 1. The molecule has 1 heterocycles. The Hall–Kier alpha value is -2.34. The molecule has 0 radical (unpaired) electrons. The van der Waals surface area contributed by atoms with Gasteiger partial charge in [0.25, 0.3) is 0 Å². The Morgan fingerprint density at radius 1 is 1.07 bits per heavy atom. The summed E-state index contributed by atoms with van der Waals surface area (Å²) >= 11 is 0. The maximum absolute atomic E-state index is 13.5. The first-order valence-corrected chi connectivity index (χ1v) is 11.2. The normalized spacial score (nSPS) is 12.6. The van der Waals surface area contributed by atoms with Gasteiger partial charge in [0.05, 0.1) is 16.5 Å². The van der Waals surface area contributed by atoms with Crippen molar-refractivity contribution >= 4 is 26.6 Å². The van der Waals surface area contributed by atoms with Crippen molar-refractivity contribution in [3.63, 3.8) is 0 Å². The standard InChI is InChI=1S/C22H27FN2O2S/c1-5-22(6-2,16-10-12-17(23)13-11-16)19-14-24-21-18(19)8-7-9-20(21)25-28(26,27)15(3)4/h7-15,24-25H,5-6H2,1-4H3. The van der Waals surface area contributed by atoms with Crippen molar-refractivity contribution < 1.29 is 12.8 Å². The van der Waals surface area contributed by atoms with Crippen LogP contribution in [0.5, 0.6) is 0 Å². The minimum Gasteiger partial charge on any atom is -0.359 e. The van der Waals surface area contributed by atoms with Gasteiger partial charge in [-0.05, 0) is 56.0 Å². The summed E-state index contributed by atoms with van der Waals surface area (Å²) < 4.78 is 40.9. The fraction of sp³-hybridized carbons (Fsp3) is 0.364. The molecule has 0 aliphatic rings. The highest BCUT2D eigenvalue weighted by Gasteiger charge is 2.33. The molecule has 4 nitrogen and oxygen atoms in total. The second-order valence-electron chi connectivity index (χ2n) is 7.42. The van der Waals surface area contributed by atoms with E-state index in [2.05, 4.69) is 23.6 Å². The van der Waals surface area contributed by atoms with Gasteiger partial charge in [0.1, 0.15) is 5.82 Å².